The molecule has 1 aliphatic rings. The van der Waals surface area contributed by atoms with Gasteiger partial charge in [-0.3, -0.25) is 9.78 Å². The van der Waals surface area contributed by atoms with Crippen molar-refractivity contribution in [2.24, 2.45) is 0 Å². The molecule has 1 saturated heterocycles. The first-order chi connectivity index (χ1) is 7.70. The predicted octanol–water partition coefficient (Wildman–Crippen LogP) is 2.37. The highest BCUT2D eigenvalue weighted by molar-refractivity contribution is 6.30. The summed E-state index contributed by atoms with van der Waals surface area (Å²) in [5.41, 5.74) is 1.10. The molecular formula is C12H15ClN2O. The van der Waals surface area contributed by atoms with Crippen molar-refractivity contribution < 1.29 is 4.79 Å². The topological polar surface area (TPSA) is 33.2 Å². The van der Waals surface area contributed by atoms with Crippen LogP contribution in [0.15, 0.2) is 24.5 Å². The van der Waals surface area contributed by atoms with Crippen LogP contribution in [-0.4, -0.2) is 27.7 Å². The molecule has 1 aromatic heterocycles. The largest absolute Gasteiger partial charge is 0.334 e. The molecule has 3 nitrogen and oxygen atoms in total. The Morgan fingerprint density at radius 1 is 1.69 bits per heavy atom. The lowest BCUT2D eigenvalue weighted by Crippen LogP contribution is -2.35. The van der Waals surface area contributed by atoms with Gasteiger partial charge in [0.05, 0.1) is 6.04 Å². The molecule has 0 aromatic carbocycles. The zero-order valence-corrected chi connectivity index (χ0v) is 10.0. The van der Waals surface area contributed by atoms with E-state index in [2.05, 4.69) is 4.98 Å². The summed E-state index contributed by atoms with van der Waals surface area (Å²) < 4.78 is 0. The maximum absolute atomic E-state index is 11.9. The molecule has 1 aromatic rings. The Labute approximate surface area is 100 Å². The normalized spacial score (nSPS) is 22.1. The average molecular weight is 239 g/mol. The van der Waals surface area contributed by atoms with Gasteiger partial charge in [-0.1, -0.05) is 6.07 Å². The Bertz CT molecular complexity index is 367. The summed E-state index contributed by atoms with van der Waals surface area (Å²) in [6.45, 7) is 2.53. The highest BCUT2D eigenvalue weighted by atomic mass is 35.5. The lowest BCUT2D eigenvalue weighted by Gasteiger charge is -2.25. The summed E-state index contributed by atoms with van der Waals surface area (Å²) in [6, 6.07) is 4.07. The van der Waals surface area contributed by atoms with Gasteiger partial charge in [-0.15, -0.1) is 11.6 Å². The molecule has 2 rings (SSSR count). The summed E-state index contributed by atoms with van der Waals surface area (Å²) in [5.74, 6) is 0.0213. The molecule has 0 aliphatic carbocycles. The number of hydrogen-bond donors (Lipinski definition) is 0. The van der Waals surface area contributed by atoms with Crippen LogP contribution in [0, 0.1) is 0 Å². The van der Waals surface area contributed by atoms with Gasteiger partial charge in [-0.2, -0.15) is 0 Å². The predicted molar refractivity (Wildman–Crippen MR) is 63.2 cm³/mol. The number of likely N-dealkylation sites (tertiary alicyclic amines) is 1. The van der Waals surface area contributed by atoms with Crippen LogP contribution >= 0.6 is 11.6 Å². The van der Waals surface area contributed by atoms with Crippen LogP contribution in [0.4, 0.5) is 0 Å². The van der Waals surface area contributed by atoms with Gasteiger partial charge in [0.1, 0.15) is 5.38 Å². The second kappa shape index (κ2) is 4.83. The Morgan fingerprint density at radius 2 is 2.50 bits per heavy atom. The van der Waals surface area contributed by atoms with Crippen molar-refractivity contribution in [1.82, 2.24) is 9.88 Å². The van der Waals surface area contributed by atoms with Crippen LogP contribution in [0.1, 0.15) is 31.4 Å². The first kappa shape index (κ1) is 11.4. The molecule has 0 N–H and O–H groups in total. The summed E-state index contributed by atoms with van der Waals surface area (Å²) in [5, 5.41) is -0.447. The van der Waals surface area contributed by atoms with E-state index in [9.17, 15) is 4.79 Å². The van der Waals surface area contributed by atoms with Crippen molar-refractivity contribution >= 4 is 17.5 Å². The van der Waals surface area contributed by atoms with Crippen molar-refractivity contribution in [3.8, 4) is 0 Å². The molecular weight excluding hydrogens is 224 g/mol. The fraction of sp³-hybridized carbons (Fsp3) is 0.500. The molecule has 0 bridgehead atoms. The standard InChI is InChI=1S/C12H15ClN2O/c1-9(13)12(16)15-7-3-5-11(15)10-4-2-6-14-8-10/h2,4,6,8-9,11H,3,5,7H2,1H3/t9-,11-/m1/s1. The lowest BCUT2D eigenvalue weighted by atomic mass is 10.1. The highest BCUT2D eigenvalue weighted by Crippen LogP contribution is 2.32. The number of alkyl halides is 1. The van der Waals surface area contributed by atoms with E-state index in [1.807, 2.05) is 23.2 Å². The molecule has 4 heteroatoms. The van der Waals surface area contributed by atoms with E-state index in [-0.39, 0.29) is 11.9 Å². The summed E-state index contributed by atoms with van der Waals surface area (Å²) in [6.07, 6.45) is 5.61. The molecule has 16 heavy (non-hydrogen) atoms. The van der Waals surface area contributed by atoms with E-state index in [0.29, 0.717) is 0 Å². The molecule has 1 aliphatic heterocycles. The van der Waals surface area contributed by atoms with Crippen molar-refractivity contribution in [2.45, 2.75) is 31.2 Å². The van der Waals surface area contributed by atoms with E-state index in [0.717, 1.165) is 24.9 Å². The molecule has 0 saturated carbocycles. The number of hydrogen-bond acceptors (Lipinski definition) is 2. The van der Waals surface area contributed by atoms with E-state index in [1.165, 1.54) is 0 Å². The van der Waals surface area contributed by atoms with E-state index < -0.39 is 5.38 Å². The van der Waals surface area contributed by atoms with Crippen LogP contribution in [0.25, 0.3) is 0 Å². The Morgan fingerprint density at radius 3 is 3.12 bits per heavy atom. The van der Waals surface area contributed by atoms with Crippen LogP contribution in [-0.2, 0) is 4.79 Å². The maximum atomic E-state index is 11.9. The summed E-state index contributed by atoms with van der Waals surface area (Å²) in [4.78, 5) is 17.9. The minimum Gasteiger partial charge on any atom is -0.334 e. The molecule has 1 fully saturated rings. The summed E-state index contributed by atoms with van der Waals surface area (Å²) >= 11 is 5.85. The number of carbonyl (C=O) groups is 1. The van der Waals surface area contributed by atoms with Gasteiger partial charge >= 0.3 is 0 Å². The van der Waals surface area contributed by atoms with Gasteiger partial charge in [-0.25, -0.2) is 0 Å². The third kappa shape index (κ3) is 2.19. The SMILES string of the molecule is C[C@@H](Cl)C(=O)N1CCC[C@@H]1c1cccnc1. The Balaban J connectivity index is 2.19. The smallest absolute Gasteiger partial charge is 0.240 e. The molecule has 0 radical (unpaired) electrons. The number of halogens is 1. The second-order valence-corrected chi connectivity index (χ2v) is 4.75. The number of nitrogens with zero attached hydrogens (tertiary/aromatic N) is 2. The third-order valence-electron chi connectivity index (χ3n) is 2.95. The van der Waals surface area contributed by atoms with Gasteiger partial charge in [0.25, 0.3) is 0 Å². The van der Waals surface area contributed by atoms with Crippen LogP contribution in [0.3, 0.4) is 0 Å². The fourth-order valence-electron chi connectivity index (χ4n) is 2.18. The quantitative estimate of drug-likeness (QED) is 0.742. The van der Waals surface area contributed by atoms with Crippen LogP contribution in [0.5, 0.6) is 0 Å². The van der Waals surface area contributed by atoms with Crippen molar-refractivity contribution in [1.29, 1.82) is 0 Å². The van der Waals surface area contributed by atoms with Crippen molar-refractivity contribution in [3.05, 3.63) is 30.1 Å². The number of carbonyl (C=O) groups excluding carboxylic acids is 1. The van der Waals surface area contributed by atoms with Gasteiger partial charge in [0.15, 0.2) is 0 Å². The zero-order valence-electron chi connectivity index (χ0n) is 9.27. The van der Waals surface area contributed by atoms with E-state index in [1.54, 1.807) is 13.1 Å². The van der Waals surface area contributed by atoms with Crippen LogP contribution in [0.2, 0.25) is 0 Å². The van der Waals surface area contributed by atoms with Crippen molar-refractivity contribution in [2.75, 3.05) is 6.54 Å². The van der Waals surface area contributed by atoms with Gasteiger partial charge < -0.3 is 4.90 Å². The van der Waals surface area contributed by atoms with Crippen molar-refractivity contribution in [3.63, 3.8) is 0 Å². The highest BCUT2D eigenvalue weighted by Gasteiger charge is 2.31. The summed E-state index contributed by atoms with van der Waals surface area (Å²) in [7, 11) is 0. The maximum Gasteiger partial charge on any atom is 0.240 e. The first-order valence-corrected chi connectivity index (χ1v) is 5.98. The lowest BCUT2D eigenvalue weighted by molar-refractivity contribution is -0.131. The third-order valence-corrected chi connectivity index (χ3v) is 3.13. The monoisotopic (exact) mass is 238 g/mol. The molecule has 2 heterocycles. The first-order valence-electron chi connectivity index (χ1n) is 5.54. The molecule has 1 amide bonds. The van der Waals surface area contributed by atoms with Crippen LogP contribution < -0.4 is 0 Å². The minimum atomic E-state index is -0.447. The van der Waals surface area contributed by atoms with E-state index in [4.69, 9.17) is 11.6 Å². The van der Waals surface area contributed by atoms with Gasteiger partial charge in [0, 0.05) is 18.9 Å². The average Bonchev–Trinajstić information content (AvgIpc) is 2.77. The minimum absolute atomic E-state index is 0.0213. The second-order valence-electron chi connectivity index (χ2n) is 4.09. The fourth-order valence-corrected chi connectivity index (χ4v) is 2.30. The number of rotatable bonds is 2. The number of amides is 1. The number of pyridine rings is 1. The molecule has 86 valence electrons. The van der Waals surface area contributed by atoms with E-state index >= 15 is 0 Å². The van der Waals surface area contributed by atoms with Gasteiger partial charge in [-0.05, 0) is 31.4 Å². The molecule has 0 unspecified atom stereocenters. The Hall–Kier alpha value is -1.09. The molecule has 2 atom stereocenters. The Kier molecular flexibility index (Phi) is 3.44. The van der Waals surface area contributed by atoms with Gasteiger partial charge in [0.2, 0.25) is 5.91 Å². The zero-order chi connectivity index (χ0) is 11.5. The number of aromatic nitrogens is 1. The molecule has 0 spiro atoms.